The van der Waals surface area contributed by atoms with E-state index in [1.807, 2.05) is 12.1 Å². The summed E-state index contributed by atoms with van der Waals surface area (Å²) < 4.78 is 7.33. The van der Waals surface area contributed by atoms with Crippen molar-refractivity contribution >= 4 is 34.5 Å². The van der Waals surface area contributed by atoms with Crippen molar-refractivity contribution in [3.63, 3.8) is 0 Å². The molecule has 2 aliphatic heterocycles. The summed E-state index contributed by atoms with van der Waals surface area (Å²) in [5.41, 5.74) is 1.27. The average Bonchev–Trinajstić information content (AvgIpc) is 3.37. The Hall–Kier alpha value is -2.97. The molecular weight excluding hydrogens is 402 g/mol. The second kappa shape index (κ2) is 7.70. The number of hydrogen-bond donors (Lipinski definition) is 0. The fraction of sp³-hybridized carbons (Fsp3) is 0.273. The minimum Gasteiger partial charge on any atom is -0.376 e. The number of ether oxygens (including phenoxy) is 1. The van der Waals surface area contributed by atoms with Crippen molar-refractivity contribution < 1.29 is 14.3 Å². The maximum Gasteiger partial charge on any atom is 0.262 e. The standard InChI is InChI=1S/C22H19N3O4S/c26-19-15-7-1-2-8-16(15)20(27)25(19)13-30-22-23-18-10-4-3-9-17(18)21(28)24(22)12-14-6-5-11-29-14/h1-4,7-10,14H,5-6,11-13H2/t14-/m1/s1. The average molecular weight is 421 g/mol. The number of carbonyl (C=O) groups excluding carboxylic acids is 2. The quantitative estimate of drug-likeness (QED) is 0.358. The molecule has 0 saturated carbocycles. The minimum absolute atomic E-state index is 0.0377. The maximum absolute atomic E-state index is 13.1. The predicted octanol–water partition coefficient (Wildman–Crippen LogP) is 2.92. The third kappa shape index (κ3) is 3.22. The molecule has 8 heteroatoms. The van der Waals surface area contributed by atoms with Gasteiger partial charge in [-0.25, -0.2) is 4.98 Å². The van der Waals surface area contributed by atoms with Gasteiger partial charge in [-0.2, -0.15) is 0 Å². The number of hydrogen-bond acceptors (Lipinski definition) is 6. The number of amides is 2. The number of carbonyl (C=O) groups is 2. The predicted molar refractivity (Wildman–Crippen MR) is 113 cm³/mol. The van der Waals surface area contributed by atoms with E-state index in [2.05, 4.69) is 4.98 Å². The van der Waals surface area contributed by atoms with Crippen molar-refractivity contribution in [2.24, 2.45) is 0 Å². The fourth-order valence-electron chi connectivity index (χ4n) is 3.89. The number of aromatic nitrogens is 2. The summed E-state index contributed by atoms with van der Waals surface area (Å²) in [5.74, 6) is -0.559. The first-order valence-corrected chi connectivity index (χ1v) is 10.8. The van der Waals surface area contributed by atoms with Gasteiger partial charge in [-0.1, -0.05) is 36.0 Å². The summed E-state index contributed by atoms with van der Waals surface area (Å²) in [5, 5.41) is 1.02. The van der Waals surface area contributed by atoms with Crippen molar-refractivity contribution in [2.45, 2.75) is 30.6 Å². The van der Waals surface area contributed by atoms with Crippen molar-refractivity contribution in [1.82, 2.24) is 14.5 Å². The van der Waals surface area contributed by atoms with Gasteiger partial charge in [-0.05, 0) is 37.1 Å². The molecule has 0 aliphatic carbocycles. The van der Waals surface area contributed by atoms with E-state index < -0.39 is 0 Å². The van der Waals surface area contributed by atoms with Crippen LogP contribution in [0.3, 0.4) is 0 Å². The van der Waals surface area contributed by atoms with Crippen LogP contribution in [0.4, 0.5) is 0 Å². The van der Waals surface area contributed by atoms with Gasteiger partial charge in [0.1, 0.15) is 0 Å². The van der Waals surface area contributed by atoms with Gasteiger partial charge in [0.2, 0.25) is 0 Å². The second-order valence-corrected chi connectivity index (χ2v) is 8.23. The molecule has 0 N–H and O–H groups in total. The minimum atomic E-state index is -0.322. The van der Waals surface area contributed by atoms with E-state index in [4.69, 9.17) is 4.74 Å². The zero-order valence-corrected chi connectivity index (χ0v) is 16.9. The summed E-state index contributed by atoms with van der Waals surface area (Å²) in [6.45, 7) is 1.10. The highest BCUT2D eigenvalue weighted by Crippen LogP contribution is 2.27. The lowest BCUT2D eigenvalue weighted by Gasteiger charge is -2.18. The Morgan fingerprint density at radius 3 is 2.40 bits per heavy atom. The highest BCUT2D eigenvalue weighted by atomic mass is 32.2. The van der Waals surface area contributed by atoms with Crippen LogP contribution in [-0.2, 0) is 11.3 Å². The van der Waals surface area contributed by atoms with Gasteiger partial charge < -0.3 is 4.74 Å². The maximum atomic E-state index is 13.1. The number of para-hydroxylation sites is 1. The summed E-state index contributed by atoms with van der Waals surface area (Å²) in [7, 11) is 0. The van der Waals surface area contributed by atoms with Crippen LogP contribution in [0.15, 0.2) is 58.5 Å². The van der Waals surface area contributed by atoms with E-state index in [0.717, 1.165) is 12.8 Å². The molecule has 152 valence electrons. The Morgan fingerprint density at radius 2 is 1.70 bits per heavy atom. The van der Waals surface area contributed by atoms with Gasteiger partial charge in [0, 0.05) is 6.61 Å². The Labute approximate surface area is 176 Å². The highest BCUT2D eigenvalue weighted by molar-refractivity contribution is 7.99. The van der Waals surface area contributed by atoms with Crippen molar-refractivity contribution in [3.05, 3.63) is 70.0 Å². The Bertz CT molecular complexity index is 1180. The van der Waals surface area contributed by atoms with E-state index in [0.29, 0.717) is 40.3 Å². The number of thioether (sulfide) groups is 1. The number of fused-ring (bicyclic) bond motifs is 2. The topological polar surface area (TPSA) is 81.5 Å². The monoisotopic (exact) mass is 421 g/mol. The Kier molecular flexibility index (Phi) is 4.88. The molecule has 0 radical (unpaired) electrons. The van der Waals surface area contributed by atoms with E-state index >= 15 is 0 Å². The largest absolute Gasteiger partial charge is 0.376 e. The number of nitrogens with zero attached hydrogens (tertiary/aromatic N) is 3. The van der Waals surface area contributed by atoms with Gasteiger partial charge in [0.25, 0.3) is 17.4 Å². The summed E-state index contributed by atoms with van der Waals surface area (Å²) >= 11 is 1.22. The normalized spacial score (nSPS) is 18.4. The lowest BCUT2D eigenvalue weighted by Crippen LogP contribution is -2.31. The van der Waals surface area contributed by atoms with Crippen molar-refractivity contribution in [3.8, 4) is 0 Å². The molecule has 0 bridgehead atoms. The first-order chi connectivity index (χ1) is 14.6. The Morgan fingerprint density at radius 1 is 1.00 bits per heavy atom. The molecule has 1 fully saturated rings. The van der Waals surface area contributed by atoms with E-state index in [9.17, 15) is 14.4 Å². The molecule has 2 amide bonds. The van der Waals surface area contributed by atoms with Crippen LogP contribution in [0.2, 0.25) is 0 Å². The number of benzene rings is 2. The lowest BCUT2D eigenvalue weighted by molar-refractivity contribution is 0.0683. The first-order valence-electron chi connectivity index (χ1n) is 9.82. The van der Waals surface area contributed by atoms with Gasteiger partial charge >= 0.3 is 0 Å². The SMILES string of the molecule is O=C1c2ccccc2C(=O)N1CSc1nc2ccccc2c(=O)n1C[C@H]1CCCO1. The van der Waals surface area contributed by atoms with Gasteiger partial charge in [-0.15, -0.1) is 0 Å². The van der Waals surface area contributed by atoms with Gasteiger partial charge in [0.05, 0.1) is 40.6 Å². The molecule has 3 aromatic rings. The van der Waals surface area contributed by atoms with Crippen LogP contribution in [0.1, 0.15) is 33.6 Å². The molecule has 0 unspecified atom stereocenters. The van der Waals surface area contributed by atoms with Crippen LogP contribution in [0.25, 0.3) is 10.9 Å². The molecule has 3 heterocycles. The molecule has 7 nitrogen and oxygen atoms in total. The number of rotatable bonds is 5. The molecule has 1 saturated heterocycles. The molecule has 2 aliphatic rings. The highest BCUT2D eigenvalue weighted by Gasteiger charge is 2.35. The molecule has 5 rings (SSSR count). The zero-order valence-electron chi connectivity index (χ0n) is 16.1. The first kappa shape index (κ1) is 19.0. The number of imide groups is 1. The molecular formula is C22H19N3O4S. The van der Waals surface area contributed by atoms with Crippen LogP contribution in [0.5, 0.6) is 0 Å². The molecule has 0 spiro atoms. The van der Waals surface area contributed by atoms with Crippen LogP contribution in [-0.4, -0.2) is 44.9 Å². The van der Waals surface area contributed by atoms with Gasteiger partial charge in [0.15, 0.2) is 5.16 Å². The smallest absolute Gasteiger partial charge is 0.262 e. The molecule has 30 heavy (non-hydrogen) atoms. The second-order valence-electron chi connectivity index (χ2n) is 7.32. The fourth-order valence-corrected chi connectivity index (χ4v) is 4.84. The lowest BCUT2D eigenvalue weighted by atomic mass is 10.1. The van der Waals surface area contributed by atoms with Crippen LogP contribution >= 0.6 is 11.8 Å². The molecule has 2 aromatic carbocycles. The molecule has 1 atom stereocenters. The third-order valence-electron chi connectivity index (χ3n) is 5.44. The zero-order chi connectivity index (χ0) is 20.7. The van der Waals surface area contributed by atoms with Crippen LogP contribution < -0.4 is 5.56 Å². The summed E-state index contributed by atoms with van der Waals surface area (Å²) in [6, 6.07) is 14.0. The Balaban J connectivity index is 1.47. The van der Waals surface area contributed by atoms with E-state index in [1.54, 1.807) is 41.0 Å². The summed E-state index contributed by atoms with van der Waals surface area (Å²) in [6.07, 6.45) is 1.82. The summed E-state index contributed by atoms with van der Waals surface area (Å²) in [4.78, 5) is 44.3. The van der Waals surface area contributed by atoms with Crippen molar-refractivity contribution in [2.75, 3.05) is 12.5 Å². The van der Waals surface area contributed by atoms with Crippen molar-refractivity contribution in [1.29, 1.82) is 0 Å². The molecule has 1 aromatic heterocycles. The van der Waals surface area contributed by atoms with Gasteiger partial charge in [-0.3, -0.25) is 23.9 Å². The van der Waals surface area contributed by atoms with Crippen LogP contribution in [0, 0.1) is 0 Å². The third-order valence-corrected chi connectivity index (χ3v) is 6.39. The van der Waals surface area contributed by atoms with E-state index in [1.165, 1.54) is 16.7 Å². The van der Waals surface area contributed by atoms with E-state index in [-0.39, 0.29) is 29.4 Å².